The lowest BCUT2D eigenvalue weighted by Crippen LogP contribution is -2.20. The molecule has 1 aliphatic heterocycles. The summed E-state index contributed by atoms with van der Waals surface area (Å²) >= 11 is 0. The van der Waals surface area contributed by atoms with Crippen LogP contribution in [0, 0.1) is 0 Å². The maximum Gasteiger partial charge on any atom is 0.373 e. The lowest BCUT2D eigenvalue weighted by molar-refractivity contribution is -0.152. The average molecular weight is 214 g/mol. The molecule has 0 N–H and O–H groups in total. The molecule has 0 aromatic rings. The lowest BCUT2D eigenvalue weighted by atomic mass is 10.2. The Bertz CT molecular complexity index is 265. The molecule has 1 aliphatic rings. The van der Waals surface area contributed by atoms with Gasteiger partial charge in [0.15, 0.2) is 0 Å². The molecule has 1 atom stereocenters. The number of carbonyl (C=O) groups excluding carboxylic acids is 2. The fraction of sp³-hybridized carbons (Fsp3) is 0.600. The Balaban J connectivity index is 2.22. The molecule has 0 radical (unpaired) electrons. The molecule has 1 heterocycles. The SMILES string of the molecule is C=C(OC(C)=O)C(=O)OCC1CCCO1. The number of rotatable bonds is 4. The molecule has 0 aliphatic carbocycles. The Labute approximate surface area is 88.0 Å². The highest BCUT2D eigenvalue weighted by Crippen LogP contribution is 2.12. The van der Waals surface area contributed by atoms with Crippen molar-refractivity contribution in [3.63, 3.8) is 0 Å². The molecule has 84 valence electrons. The van der Waals surface area contributed by atoms with Crippen molar-refractivity contribution >= 4 is 11.9 Å². The van der Waals surface area contributed by atoms with Crippen molar-refractivity contribution in [3.05, 3.63) is 12.3 Å². The summed E-state index contributed by atoms with van der Waals surface area (Å²) in [7, 11) is 0. The van der Waals surface area contributed by atoms with E-state index >= 15 is 0 Å². The highest BCUT2D eigenvalue weighted by molar-refractivity contribution is 5.88. The second kappa shape index (κ2) is 5.50. The van der Waals surface area contributed by atoms with Gasteiger partial charge in [0.1, 0.15) is 6.61 Å². The molecule has 5 heteroatoms. The van der Waals surface area contributed by atoms with Gasteiger partial charge in [-0.05, 0) is 19.4 Å². The van der Waals surface area contributed by atoms with Gasteiger partial charge in [0.25, 0.3) is 0 Å². The Morgan fingerprint density at radius 1 is 1.53 bits per heavy atom. The summed E-state index contributed by atoms with van der Waals surface area (Å²) in [6.07, 6.45) is 1.82. The van der Waals surface area contributed by atoms with Crippen molar-refractivity contribution in [2.24, 2.45) is 0 Å². The van der Waals surface area contributed by atoms with E-state index in [1.165, 1.54) is 6.92 Å². The van der Waals surface area contributed by atoms with Crippen molar-refractivity contribution in [3.8, 4) is 0 Å². The number of esters is 2. The van der Waals surface area contributed by atoms with Crippen LogP contribution < -0.4 is 0 Å². The quantitative estimate of drug-likeness (QED) is 0.393. The van der Waals surface area contributed by atoms with Gasteiger partial charge in [-0.25, -0.2) is 4.79 Å². The van der Waals surface area contributed by atoms with Crippen molar-refractivity contribution in [1.82, 2.24) is 0 Å². The van der Waals surface area contributed by atoms with Crippen LogP contribution in [0.3, 0.4) is 0 Å². The molecule has 0 spiro atoms. The van der Waals surface area contributed by atoms with Crippen molar-refractivity contribution in [2.45, 2.75) is 25.9 Å². The third kappa shape index (κ3) is 4.12. The van der Waals surface area contributed by atoms with Gasteiger partial charge in [-0.2, -0.15) is 0 Å². The maximum atomic E-state index is 11.2. The van der Waals surface area contributed by atoms with E-state index in [9.17, 15) is 9.59 Å². The lowest BCUT2D eigenvalue weighted by Gasteiger charge is -2.10. The van der Waals surface area contributed by atoms with Gasteiger partial charge >= 0.3 is 11.9 Å². The highest BCUT2D eigenvalue weighted by Gasteiger charge is 2.19. The zero-order valence-electron chi connectivity index (χ0n) is 8.65. The van der Waals surface area contributed by atoms with Crippen molar-refractivity contribution in [2.75, 3.05) is 13.2 Å². The monoisotopic (exact) mass is 214 g/mol. The zero-order chi connectivity index (χ0) is 11.3. The molecular formula is C10H14O5. The molecule has 1 fully saturated rings. The highest BCUT2D eigenvalue weighted by atomic mass is 16.6. The largest absolute Gasteiger partial charge is 0.457 e. The van der Waals surface area contributed by atoms with Crippen LogP contribution in [0.15, 0.2) is 12.3 Å². The molecular weight excluding hydrogens is 200 g/mol. The van der Waals surface area contributed by atoms with Gasteiger partial charge in [0.05, 0.1) is 6.10 Å². The molecule has 5 nitrogen and oxygen atoms in total. The Morgan fingerprint density at radius 3 is 2.80 bits per heavy atom. The topological polar surface area (TPSA) is 61.8 Å². The summed E-state index contributed by atoms with van der Waals surface area (Å²) in [6.45, 7) is 5.36. The third-order valence-corrected chi connectivity index (χ3v) is 1.92. The first-order valence-electron chi connectivity index (χ1n) is 4.75. The van der Waals surface area contributed by atoms with E-state index < -0.39 is 11.9 Å². The molecule has 15 heavy (non-hydrogen) atoms. The Kier molecular flexibility index (Phi) is 4.30. The maximum absolute atomic E-state index is 11.2. The van der Waals surface area contributed by atoms with E-state index in [-0.39, 0.29) is 18.5 Å². The fourth-order valence-electron chi connectivity index (χ4n) is 1.24. The van der Waals surface area contributed by atoms with Crippen LogP contribution in [0.1, 0.15) is 19.8 Å². The van der Waals surface area contributed by atoms with Crippen molar-refractivity contribution in [1.29, 1.82) is 0 Å². The summed E-state index contributed by atoms with van der Waals surface area (Å²) in [5, 5.41) is 0. The summed E-state index contributed by atoms with van der Waals surface area (Å²) in [5.74, 6) is -1.60. The third-order valence-electron chi connectivity index (χ3n) is 1.92. The van der Waals surface area contributed by atoms with E-state index in [1.54, 1.807) is 0 Å². The second-order valence-corrected chi connectivity index (χ2v) is 3.25. The minimum atomic E-state index is -0.722. The molecule has 1 unspecified atom stereocenters. The number of carbonyl (C=O) groups is 2. The van der Waals surface area contributed by atoms with Gasteiger partial charge < -0.3 is 14.2 Å². The molecule has 0 saturated carbocycles. The van der Waals surface area contributed by atoms with E-state index in [4.69, 9.17) is 9.47 Å². The van der Waals surface area contributed by atoms with Gasteiger partial charge in [-0.3, -0.25) is 4.79 Å². The van der Waals surface area contributed by atoms with Crippen LogP contribution in [0.2, 0.25) is 0 Å². The van der Waals surface area contributed by atoms with Crippen LogP contribution in [0.5, 0.6) is 0 Å². The van der Waals surface area contributed by atoms with Gasteiger partial charge in [0, 0.05) is 13.5 Å². The van der Waals surface area contributed by atoms with E-state index in [1.807, 2.05) is 0 Å². The molecule has 0 amide bonds. The number of ether oxygens (including phenoxy) is 3. The average Bonchev–Trinajstić information content (AvgIpc) is 2.65. The van der Waals surface area contributed by atoms with Crippen LogP contribution in [-0.2, 0) is 23.8 Å². The van der Waals surface area contributed by atoms with Crippen LogP contribution in [-0.4, -0.2) is 31.3 Å². The number of hydrogen-bond acceptors (Lipinski definition) is 5. The smallest absolute Gasteiger partial charge is 0.373 e. The summed E-state index contributed by atoms with van der Waals surface area (Å²) in [4.78, 5) is 21.7. The standard InChI is InChI=1S/C10H14O5/c1-7(15-8(2)11)10(12)14-6-9-4-3-5-13-9/h9H,1,3-6H2,2H3. The predicted octanol–water partition coefficient (Wildman–Crippen LogP) is 0.785. The predicted molar refractivity (Wildman–Crippen MR) is 50.8 cm³/mol. The molecule has 1 saturated heterocycles. The van der Waals surface area contributed by atoms with Crippen LogP contribution >= 0.6 is 0 Å². The minimum Gasteiger partial charge on any atom is -0.457 e. The first-order chi connectivity index (χ1) is 7.09. The summed E-state index contributed by atoms with van der Waals surface area (Å²) < 4.78 is 14.6. The molecule has 1 rings (SSSR count). The summed E-state index contributed by atoms with van der Waals surface area (Å²) in [6, 6.07) is 0. The first-order valence-corrected chi connectivity index (χ1v) is 4.75. The number of hydrogen-bond donors (Lipinski definition) is 0. The molecule has 0 aromatic carbocycles. The van der Waals surface area contributed by atoms with E-state index in [2.05, 4.69) is 11.3 Å². The van der Waals surface area contributed by atoms with Gasteiger partial charge in [-0.15, -0.1) is 0 Å². The Hall–Kier alpha value is -1.36. The second-order valence-electron chi connectivity index (χ2n) is 3.25. The van der Waals surface area contributed by atoms with Crippen LogP contribution in [0.25, 0.3) is 0 Å². The van der Waals surface area contributed by atoms with Crippen molar-refractivity contribution < 1.29 is 23.8 Å². The van der Waals surface area contributed by atoms with Crippen LogP contribution in [0.4, 0.5) is 0 Å². The Morgan fingerprint density at radius 2 is 2.27 bits per heavy atom. The fourth-order valence-corrected chi connectivity index (χ4v) is 1.24. The molecule has 0 aromatic heterocycles. The normalized spacial score (nSPS) is 19.7. The first kappa shape index (κ1) is 11.7. The minimum absolute atomic E-state index is 0.0425. The van der Waals surface area contributed by atoms with Gasteiger partial charge in [-0.1, -0.05) is 0 Å². The summed E-state index contributed by atoms with van der Waals surface area (Å²) in [5.41, 5.74) is 0. The van der Waals surface area contributed by atoms with Gasteiger partial charge in [0.2, 0.25) is 5.76 Å². The zero-order valence-corrected chi connectivity index (χ0v) is 8.65. The molecule has 0 bridgehead atoms. The van der Waals surface area contributed by atoms with E-state index in [0.717, 1.165) is 12.8 Å². The van der Waals surface area contributed by atoms with E-state index in [0.29, 0.717) is 6.61 Å².